The molecule has 1 atom stereocenters. The molecule has 194 valence electrons. The Labute approximate surface area is 222 Å². The van der Waals surface area contributed by atoms with E-state index in [9.17, 15) is 4.79 Å². The smallest absolute Gasteiger partial charge is 0.246 e. The fourth-order valence-electron chi connectivity index (χ4n) is 5.35. The first-order chi connectivity index (χ1) is 18.7. The van der Waals surface area contributed by atoms with E-state index in [1.807, 2.05) is 35.2 Å². The summed E-state index contributed by atoms with van der Waals surface area (Å²) in [5, 5.41) is 6.80. The highest BCUT2D eigenvalue weighted by molar-refractivity contribution is 5.87. The molecular weight excluding hydrogens is 476 g/mol. The van der Waals surface area contributed by atoms with Gasteiger partial charge in [-0.15, -0.1) is 0 Å². The molecule has 2 aliphatic rings. The number of aromatic nitrogens is 4. The Kier molecular flexibility index (Phi) is 6.64. The van der Waals surface area contributed by atoms with Crippen molar-refractivity contribution in [3.05, 3.63) is 73.4 Å². The van der Waals surface area contributed by atoms with Gasteiger partial charge in [-0.25, -0.2) is 9.97 Å². The number of nitrogens with zero attached hydrogens (tertiary/aromatic N) is 6. The number of anilines is 5. The van der Waals surface area contributed by atoms with Gasteiger partial charge in [0.25, 0.3) is 0 Å². The van der Waals surface area contributed by atoms with Crippen LogP contribution in [0.2, 0.25) is 0 Å². The molecular formula is C29H32N8O. The van der Waals surface area contributed by atoms with Crippen LogP contribution in [0.4, 0.5) is 29.0 Å². The van der Waals surface area contributed by atoms with E-state index in [-0.39, 0.29) is 11.9 Å². The third kappa shape index (κ3) is 4.91. The maximum atomic E-state index is 12.3. The number of hydrogen-bond acceptors (Lipinski definition) is 7. The van der Waals surface area contributed by atoms with E-state index < -0.39 is 0 Å². The minimum atomic E-state index is -0.0560. The van der Waals surface area contributed by atoms with Crippen LogP contribution in [-0.4, -0.2) is 56.5 Å². The molecule has 0 aliphatic carbocycles. The summed E-state index contributed by atoms with van der Waals surface area (Å²) in [6.07, 6.45) is 7.75. The number of amides is 1. The van der Waals surface area contributed by atoms with Crippen molar-refractivity contribution in [3.8, 4) is 0 Å². The molecule has 9 nitrogen and oxygen atoms in total. The van der Waals surface area contributed by atoms with Crippen LogP contribution in [0.1, 0.15) is 31.7 Å². The van der Waals surface area contributed by atoms with Gasteiger partial charge in [0.2, 0.25) is 17.8 Å². The summed E-state index contributed by atoms with van der Waals surface area (Å²) in [6.45, 7) is 7.12. The molecule has 38 heavy (non-hydrogen) atoms. The minimum Gasteiger partial charge on any atom is -0.372 e. The Morgan fingerprint density at radius 1 is 0.921 bits per heavy atom. The van der Waals surface area contributed by atoms with Crippen molar-refractivity contribution in [2.24, 2.45) is 0 Å². The van der Waals surface area contributed by atoms with Crippen LogP contribution >= 0.6 is 0 Å². The number of fused-ring (bicyclic) bond motifs is 1. The zero-order valence-corrected chi connectivity index (χ0v) is 21.4. The van der Waals surface area contributed by atoms with Gasteiger partial charge in [0.1, 0.15) is 5.52 Å². The SMILES string of the molecule is C=CC(=O)N1CCC(n2c(Nc3ccccc3)nc3cnc(Nc4ccc(N5CCCCC5)cc4)nc32)C1. The average molecular weight is 509 g/mol. The summed E-state index contributed by atoms with van der Waals surface area (Å²) in [7, 11) is 0. The third-order valence-electron chi connectivity index (χ3n) is 7.32. The lowest BCUT2D eigenvalue weighted by Gasteiger charge is -2.28. The van der Waals surface area contributed by atoms with Gasteiger partial charge in [-0.1, -0.05) is 24.8 Å². The lowest BCUT2D eigenvalue weighted by Crippen LogP contribution is -2.29. The number of para-hydroxylation sites is 1. The fourth-order valence-corrected chi connectivity index (χ4v) is 5.35. The van der Waals surface area contributed by atoms with Crippen molar-refractivity contribution < 1.29 is 4.79 Å². The lowest BCUT2D eigenvalue weighted by atomic mass is 10.1. The van der Waals surface area contributed by atoms with E-state index in [1.165, 1.54) is 31.0 Å². The molecule has 9 heteroatoms. The molecule has 0 saturated carbocycles. The van der Waals surface area contributed by atoms with Crippen LogP contribution in [0.15, 0.2) is 73.4 Å². The molecule has 2 saturated heterocycles. The van der Waals surface area contributed by atoms with E-state index in [0.717, 1.165) is 36.5 Å². The highest BCUT2D eigenvalue weighted by Gasteiger charge is 2.30. The van der Waals surface area contributed by atoms with Crippen LogP contribution < -0.4 is 15.5 Å². The Balaban J connectivity index is 1.30. The molecule has 2 N–H and O–H groups in total. The first-order valence-electron chi connectivity index (χ1n) is 13.3. The van der Waals surface area contributed by atoms with Crippen molar-refractivity contribution in [1.82, 2.24) is 24.4 Å². The molecule has 2 aromatic heterocycles. The second kappa shape index (κ2) is 10.5. The number of hydrogen-bond donors (Lipinski definition) is 2. The predicted molar refractivity (Wildman–Crippen MR) is 151 cm³/mol. The molecule has 6 rings (SSSR count). The van der Waals surface area contributed by atoms with Crippen LogP contribution in [0.5, 0.6) is 0 Å². The van der Waals surface area contributed by atoms with Crippen molar-refractivity contribution >= 4 is 46.0 Å². The molecule has 2 aromatic carbocycles. The van der Waals surface area contributed by atoms with E-state index >= 15 is 0 Å². The monoisotopic (exact) mass is 508 g/mol. The number of carbonyl (C=O) groups excluding carboxylic acids is 1. The van der Waals surface area contributed by atoms with Gasteiger partial charge in [0, 0.05) is 43.2 Å². The van der Waals surface area contributed by atoms with E-state index in [4.69, 9.17) is 9.97 Å². The summed E-state index contributed by atoms with van der Waals surface area (Å²) < 4.78 is 2.10. The van der Waals surface area contributed by atoms with E-state index in [1.54, 1.807) is 6.20 Å². The van der Waals surface area contributed by atoms with Gasteiger partial charge in [0.05, 0.1) is 12.2 Å². The third-order valence-corrected chi connectivity index (χ3v) is 7.32. The van der Waals surface area contributed by atoms with Crippen molar-refractivity contribution in [1.29, 1.82) is 0 Å². The maximum absolute atomic E-state index is 12.3. The first kappa shape index (κ1) is 24.0. The number of imidazole rings is 1. The number of piperidine rings is 1. The van der Waals surface area contributed by atoms with Crippen molar-refractivity contribution in [3.63, 3.8) is 0 Å². The van der Waals surface area contributed by atoms with Gasteiger partial charge in [0.15, 0.2) is 5.65 Å². The second-order valence-electron chi connectivity index (χ2n) is 9.85. The molecule has 1 amide bonds. The summed E-state index contributed by atoms with van der Waals surface area (Å²) in [6, 6.07) is 18.4. The van der Waals surface area contributed by atoms with Crippen LogP contribution in [0.3, 0.4) is 0 Å². The Morgan fingerprint density at radius 3 is 2.45 bits per heavy atom. The minimum absolute atomic E-state index is 0.0293. The quantitative estimate of drug-likeness (QED) is 0.329. The maximum Gasteiger partial charge on any atom is 0.246 e. The molecule has 4 aromatic rings. The second-order valence-corrected chi connectivity index (χ2v) is 9.85. The molecule has 0 spiro atoms. The summed E-state index contributed by atoms with van der Waals surface area (Å²) in [5.74, 6) is 1.13. The zero-order chi connectivity index (χ0) is 25.9. The van der Waals surface area contributed by atoms with Crippen LogP contribution in [0.25, 0.3) is 11.2 Å². The van der Waals surface area contributed by atoms with Crippen molar-refractivity contribution in [2.75, 3.05) is 41.7 Å². The van der Waals surface area contributed by atoms with E-state index in [0.29, 0.717) is 30.5 Å². The summed E-state index contributed by atoms with van der Waals surface area (Å²) in [4.78, 5) is 30.8. The lowest BCUT2D eigenvalue weighted by molar-refractivity contribution is -0.125. The Bertz CT molecular complexity index is 1430. The fraction of sp³-hybridized carbons (Fsp3) is 0.310. The van der Waals surface area contributed by atoms with Gasteiger partial charge in [-0.3, -0.25) is 9.36 Å². The number of likely N-dealkylation sites (tertiary alicyclic amines) is 1. The predicted octanol–water partition coefficient (Wildman–Crippen LogP) is 5.26. The first-order valence-corrected chi connectivity index (χ1v) is 13.3. The van der Waals surface area contributed by atoms with Crippen molar-refractivity contribution in [2.45, 2.75) is 31.7 Å². The largest absolute Gasteiger partial charge is 0.372 e. The highest BCUT2D eigenvalue weighted by atomic mass is 16.2. The van der Waals surface area contributed by atoms with Gasteiger partial charge < -0.3 is 20.4 Å². The van der Waals surface area contributed by atoms with Gasteiger partial charge in [-0.05, 0) is 68.2 Å². The number of rotatable bonds is 7. The molecule has 2 fully saturated rings. The summed E-state index contributed by atoms with van der Waals surface area (Å²) in [5.41, 5.74) is 4.54. The van der Waals surface area contributed by atoms with Gasteiger partial charge >= 0.3 is 0 Å². The Morgan fingerprint density at radius 2 is 1.68 bits per heavy atom. The van der Waals surface area contributed by atoms with Crippen LogP contribution in [0, 0.1) is 0 Å². The van der Waals surface area contributed by atoms with Gasteiger partial charge in [-0.2, -0.15) is 4.98 Å². The van der Waals surface area contributed by atoms with E-state index in [2.05, 4.69) is 55.9 Å². The normalized spacial score (nSPS) is 17.5. The van der Waals surface area contributed by atoms with Crippen LogP contribution in [-0.2, 0) is 4.79 Å². The average Bonchev–Trinajstić information content (AvgIpc) is 3.58. The standard InChI is InChI=1S/C29H32N8O/c1-2-26(38)36-18-15-24(20-36)37-27-25(33-29(37)32-21-9-5-3-6-10-21)19-30-28(34-27)31-22-11-13-23(14-12-22)35-16-7-4-8-17-35/h2-3,5-6,9-14,19,24H,1,4,7-8,15-18,20H2,(H,32,33)(H,30,31,34). The molecule has 0 radical (unpaired) electrons. The molecule has 1 unspecified atom stereocenters. The highest BCUT2D eigenvalue weighted by Crippen LogP contribution is 2.32. The molecule has 4 heterocycles. The summed E-state index contributed by atoms with van der Waals surface area (Å²) >= 11 is 0. The number of carbonyl (C=O) groups is 1. The zero-order valence-electron chi connectivity index (χ0n) is 21.4. The number of nitrogens with one attached hydrogen (secondary N) is 2. The number of benzene rings is 2. The molecule has 0 bridgehead atoms. The topological polar surface area (TPSA) is 91.2 Å². The Hall–Kier alpha value is -4.40. The molecule has 2 aliphatic heterocycles.